The summed E-state index contributed by atoms with van der Waals surface area (Å²) in [7, 11) is 0. The van der Waals surface area contributed by atoms with Crippen LogP contribution in [0.2, 0.25) is 0 Å². The lowest BCUT2D eigenvalue weighted by Gasteiger charge is -2.40. The topological polar surface area (TPSA) is 40.6 Å². The standard InChI is InChI=1S/C15H28N2O2/c1-5-16(6-2)15(19)13(4)17-10-8-7-9-14(17)11-12(3)18/h13-14H,5-11H2,1-4H3. The molecule has 0 aromatic carbocycles. The molecule has 0 saturated carbocycles. The van der Waals surface area contributed by atoms with Gasteiger partial charge in [0.2, 0.25) is 5.91 Å². The highest BCUT2D eigenvalue weighted by atomic mass is 16.2. The smallest absolute Gasteiger partial charge is 0.239 e. The molecular weight excluding hydrogens is 240 g/mol. The minimum Gasteiger partial charge on any atom is -0.342 e. The summed E-state index contributed by atoms with van der Waals surface area (Å²) in [6.45, 7) is 10.1. The Hall–Kier alpha value is -0.900. The van der Waals surface area contributed by atoms with Crippen molar-refractivity contribution in [2.45, 2.75) is 65.5 Å². The monoisotopic (exact) mass is 268 g/mol. The Morgan fingerprint density at radius 2 is 1.89 bits per heavy atom. The third-order valence-corrected chi connectivity index (χ3v) is 4.13. The SMILES string of the molecule is CCN(CC)C(=O)C(C)N1CCCCC1CC(C)=O. The lowest BCUT2D eigenvalue weighted by molar-refractivity contribution is -0.138. The summed E-state index contributed by atoms with van der Waals surface area (Å²) in [4.78, 5) is 27.9. The van der Waals surface area contributed by atoms with Gasteiger partial charge in [0.25, 0.3) is 0 Å². The summed E-state index contributed by atoms with van der Waals surface area (Å²) in [6, 6.07) is 0.144. The zero-order valence-corrected chi connectivity index (χ0v) is 12.8. The van der Waals surface area contributed by atoms with Gasteiger partial charge in [0, 0.05) is 25.6 Å². The van der Waals surface area contributed by atoms with Crippen LogP contribution >= 0.6 is 0 Å². The van der Waals surface area contributed by atoms with Crippen LogP contribution in [-0.2, 0) is 9.59 Å². The normalized spacial score (nSPS) is 22.0. The molecule has 1 aliphatic heterocycles. The Bertz CT molecular complexity index is 313. The molecule has 0 aromatic heterocycles. The molecule has 1 rings (SSSR count). The molecule has 1 fully saturated rings. The molecule has 4 heteroatoms. The first-order valence-electron chi connectivity index (χ1n) is 7.55. The van der Waals surface area contributed by atoms with Crippen LogP contribution < -0.4 is 0 Å². The Balaban J connectivity index is 2.73. The number of hydrogen-bond acceptors (Lipinski definition) is 3. The van der Waals surface area contributed by atoms with E-state index < -0.39 is 0 Å². The van der Waals surface area contributed by atoms with E-state index in [0.29, 0.717) is 6.42 Å². The van der Waals surface area contributed by atoms with E-state index in [1.807, 2.05) is 25.7 Å². The lowest BCUT2D eigenvalue weighted by Crippen LogP contribution is -2.53. The molecule has 0 bridgehead atoms. The van der Waals surface area contributed by atoms with E-state index in [0.717, 1.165) is 32.5 Å². The van der Waals surface area contributed by atoms with Crippen molar-refractivity contribution in [2.75, 3.05) is 19.6 Å². The maximum absolute atomic E-state index is 12.4. The van der Waals surface area contributed by atoms with Crippen LogP contribution in [0.4, 0.5) is 0 Å². The quantitative estimate of drug-likeness (QED) is 0.740. The molecule has 19 heavy (non-hydrogen) atoms. The number of likely N-dealkylation sites (tertiary alicyclic amines) is 1. The van der Waals surface area contributed by atoms with Crippen molar-refractivity contribution in [2.24, 2.45) is 0 Å². The minimum atomic E-state index is -0.107. The van der Waals surface area contributed by atoms with Crippen LogP contribution in [0, 0.1) is 0 Å². The van der Waals surface area contributed by atoms with Crippen molar-refractivity contribution in [3.05, 3.63) is 0 Å². The average molecular weight is 268 g/mol. The van der Waals surface area contributed by atoms with Gasteiger partial charge in [0.1, 0.15) is 5.78 Å². The van der Waals surface area contributed by atoms with Crippen molar-refractivity contribution < 1.29 is 9.59 Å². The molecule has 2 unspecified atom stereocenters. The number of carbonyl (C=O) groups excluding carboxylic acids is 2. The van der Waals surface area contributed by atoms with E-state index in [1.54, 1.807) is 6.92 Å². The van der Waals surface area contributed by atoms with Crippen molar-refractivity contribution in [3.8, 4) is 0 Å². The molecule has 1 heterocycles. The number of rotatable bonds is 6. The lowest BCUT2D eigenvalue weighted by atomic mass is 9.96. The van der Waals surface area contributed by atoms with E-state index >= 15 is 0 Å². The molecule has 0 aliphatic carbocycles. The van der Waals surface area contributed by atoms with E-state index in [1.165, 1.54) is 6.42 Å². The van der Waals surface area contributed by atoms with Gasteiger partial charge in [-0.25, -0.2) is 0 Å². The van der Waals surface area contributed by atoms with E-state index in [9.17, 15) is 9.59 Å². The van der Waals surface area contributed by atoms with Crippen LogP contribution in [-0.4, -0.2) is 53.2 Å². The predicted molar refractivity (Wildman–Crippen MR) is 77.0 cm³/mol. The minimum absolute atomic E-state index is 0.107. The predicted octanol–water partition coefficient (Wildman–Crippen LogP) is 2.08. The van der Waals surface area contributed by atoms with Crippen molar-refractivity contribution >= 4 is 11.7 Å². The summed E-state index contributed by atoms with van der Waals surface area (Å²) < 4.78 is 0. The first-order chi connectivity index (χ1) is 9.01. The average Bonchev–Trinajstić information content (AvgIpc) is 2.39. The fourth-order valence-electron chi connectivity index (χ4n) is 3.03. The molecule has 1 amide bonds. The zero-order chi connectivity index (χ0) is 14.4. The fraction of sp³-hybridized carbons (Fsp3) is 0.867. The number of piperidine rings is 1. The van der Waals surface area contributed by atoms with Gasteiger partial charge < -0.3 is 4.90 Å². The summed E-state index contributed by atoms with van der Waals surface area (Å²) in [6.07, 6.45) is 3.91. The molecule has 4 nitrogen and oxygen atoms in total. The number of Topliss-reactive ketones (excluding diaryl/α,β-unsaturated/α-hetero) is 1. The summed E-state index contributed by atoms with van der Waals surface area (Å²) in [5, 5.41) is 0. The van der Waals surface area contributed by atoms with Gasteiger partial charge in [0.15, 0.2) is 0 Å². The second-order valence-corrected chi connectivity index (χ2v) is 5.48. The van der Waals surface area contributed by atoms with Gasteiger partial charge in [-0.15, -0.1) is 0 Å². The van der Waals surface area contributed by atoms with E-state index in [2.05, 4.69) is 4.90 Å². The molecule has 0 radical (unpaired) electrons. The third kappa shape index (κ3) is 4.30. The van der Waals surface area contributed by atoms with E-state index in [-0.39, 0.29) is 23.8 Å². The summed E-state index contributed by atoms with van der Waals surface area (Å²) in [5.74, 6) is 0.417. The Kier molecular flexibility index (Phi) is 6.49. The van der Waals surface area contributed by atoms with Crippen molar-refractivity contribution in [3.63, 3.8) is 0 Å². The number of carbonyl (C=O) groups is 2. The highest BCUT2D eigenvalue weighted by molar-refractivity contribution is 5.81. The first kappa shape index (κ1) is 16.2. The van der Waals surface area contributed by atoms with Crippen LogP contribution in [0.15, 0.2) is 0 Å². The summed E-state index contributed by atoms with van der Waals surface area (Å²) in [5.41, 5.74) is 0. The zero-order valence-electron chi connectivity index (χ0n) is 12.8. The van der Waals surface area contributed by atoms with Crippen LogP contribution in [0.25, 0.3) is 0 Å². The van der Waals surface area contributed by atoms with Gasteiger partial charge in [-0.3, -0.25) is 14.5 Å². The summed E-state index contributed by atoms with van der Waals surface area (Å²) >= 11 is 0. The molecule has 1 saturated heterocycles. The molecule has 2 atom stereocenters. The molecule has 0 N–H and O–H groups in total. The van der Waals surface area contributed by atoms with Gasteiger partial charge in [0.05, 0.1) is 6.04 Å². The number of likely N-dealkylation sites (N-methyl/N-ethyl adjacent to an activating group) is 1. The van der Waals surface area contributed by atoms with Crippen molar-refractivity contribution in [1.29, 1.82) is 0 Å². The highest BCUT2D eigenvalue weighted by Crippen LogP contribution is 2.23. The Labute approximate surface area is 117 Å². The van der Waals surface area contributed by atoms with Crippen LogP contribution in [0.5, 0.6) is 0 Å². The molecule has 110 valence electrons. The van der Waals surface area contributed by atoms with Crippen LogP contribution in [0.3, 0.4) is 0 Å². The van der Waals surface area contributed by atoms with Gasteiger partial charge in [-0.05, 0) is 47.1 Å². The fourth-order valence-corrected chi connectivity index (χ4v) is 3.03. The number of nitrogens with zero attached hydrogens (tertiary/aromatic N) is 2. The molecule has 0 spiro atoms. The van der Waals surface area contributed by atoms with E-state index in [4.69, 9.17) is 0 Å². The van der Waals surface area contributed by atoms with Gasteiger partial charge in [-0.2, -0.15) is 0 Å². The second kappa shape index (κ2) is 7.63. The Morgan fingerprint density at radius 3 is 2.42 bits per heavy atom. The number of hydrogen-bond donors (Lipinski definition) is 0. The second-order valence-electron chi connectivity index (χ2n) is 5.48. The molecular formula is C15H28N2O2. The maximum Gasteiger partial charge on any atom is 0.239 e. The molecule has 0 aromatic rings. The number of amides is 1. The maximum atomic E-state index is 12.4. The van der Waals surface area contributed by atoms with Gasteiger partial charge >= 0.3 is 0 Å². The number of ketones is 1. The largest absolute Gasteiger partial charge is 0.342 e. The Morgan fingerprint density at radius 1 is 1.26 bits per heavy atom. The molecule has 1 aliphatic rings. The van der Waals surface area contributed by atoms with Crippen LogP contribution in [0.1, 0.15) is 53.4 Å². The third-order valence-electron chi connectivity index (χ3n) is 4.13. The highest BCUT2D eigenvalue weighted by Gasteiger charge is 2.32. The van der Waals surface area contributed by atoms with Gasteiger partial charge in [-0.1, -0.05) is 6.42 Å². The first-order valence-corrected chi connectivity index (χ1v) is 7.55. The van der Waals surface area contributed by atoms with Crippen molar-refractivity contribution in [1.82, 2.24) is 9.80 Å².